The van der Waals surface area contributed by atoms with Crippen LogP contribution in [0.5, 0.6) is 0 Å². The number of carboxylic acids is 1. The maximum Gasteiger partial charge on any atom is 0.326 e. The molecule has 2 heterocycles. The van der Waals surface area contributed by atoms with Crippen LogP contribution in [0.2, 0.25) is 0 Å². The van der Waals surface area contributed by atoms with Gasteiger partial charge in [-0.3, -0.25) is 4.79 Å². The number of hydrogen-bond donors (Lipinski definition) is 4. The van der Waals surface area contributed by atoms with Gasteiger partial charge in [0, 0.05) is 30.1 Å². The Bertz CT molecular complexity index is 1400. The number of pyridine rings is 1. The van der Waals surface area contributed by atoms with E-state index in [2.05, 4.69) is 26.7 Å². The van der Waals surface area contributed by atoms with Crippen molar-refractivity contribution in [3.8, 4) is 11.1 Å². The highest BCUT2D eigenvalue weighted by Gasteiger charge is 2.23. The highest BCUT2D eigenvalue weighted by atomic mass is 16.4. The molecule has 0 saturated carbocycles. The zero-order chi connectivity index (χ0) is 26.5. The summed E-state index contributed by atoms with van der Waals surface area (Å²) >= 11 is 0. The average molecular weight is 497 g/mol. The number of carbonyl (C=O) groups excluding carboxylic acids is 1. The topological polar surface area (TPSA) is 107 Å². The number of aryl methyl sites for hydroxylation is 4. The summed E-state index contributed by atoms with van der Waals surface area (Å²) in [6.45, 7) is 8.35. The van der Waals surface area contributed by atoms with Crippen LogP contribution < -0.4 is 10.6 Å². The van der Waals surface area contributed by atoms with E-state index in [0.29, 0.717) is 12.1 Å². The Labute approximate surface area is 217 Å². The number of H-pyrrole nitrogens is 1. The van der Waals surface area contributed by atoms with Crippen molar-refractivity contribution in [3.05, 3.63) is 106 Å². The molecule has 1 unspecified atom stereocenters. The largest absolute Gasteiger partial charge is 0.480 e. The van der Waals surface area contributed by atoms with Crippen molar-refractivity contribution < 1.29 is 14.7 Å². The van der Waals surface area contributed by atoms with Crippen molar-refractivity contribution in [2.45, 2.75) is 46.7 Å². The number of hydrogen-bond acceptors (Lipinski definition) is 4. The van der Waals surface area contributed by atoms with Crippen LogP contribution in [-0.2, 0) is 17.8 Å². The van der Waals surface area contributed by atoms with E-state index in [9.17, 15) is 14.7 Å². The molecule has 0 aliphatic carbocycles. The molecule has 4 aromatic rings. The molecule has 1 atom stereocenters. The summed E-state index contributed by atoms with van der Waals surface area (Å²) in [6.07, 6.45) is 3.92. The Hall–Kier alpha value is -4.39. The number of anilines is 1. The standard InChI is InChI=1S/C30H32N4O3/c1-18-9-10-31-27(13-18)33-17-25-15-24(16-32-25)23-7-5-22(6-8-23)14-26(30(36)37)34-29(35)28-20(3)11-19(2)12-21(28)4/h5-13,15-16,26,32H,14,17H2,1-4H3,(H,31,33)(H,34,35)(H,36,37). The molecule has 0 spiro atoms. The third-order valence-electron chi connectivity index (χ3n) is 6.35. The van der Waals surface area contributed by atoms with Crippen LogP contribution in [0.3, 0.4) is 0 Å². The molecule has 1 amide bonds. The molecule has 7 nitrogen and oxygen atoms in total. The Balaban J connectivity index is 1.40. The lowest BCUT2D eigenvalue weighted by molar-refractivity contribution is -0.139. The van der Waals surface area contributed by atoms with Gasteiger partial charge in [-0.05, 0) is 79.3 Å². The minimum atomic E-state index is -1.06. The van der Waals surface area contributed by atoms with Gasteiger partial charge in [-0.1, -0.05) is 42.0 Å². The van der Waals surface area contributed by atoms with Crippen LogP contribution in [0.15, 0.2) is 67.0 Å². The zero-order valence-corrected chi connectivity index (χ0v) is 21.6. The molecule has 2 aromatic heterocycles. The minimum Gasteiger partial charge on any atom is -0.480 e. The number of carboxylic acid groups (broad SMARTS) is 1. The summed E-state index contributed by atoms with van der Waals surface area (Å²) in [5, 5.41) is 15.8. The molecule has 0 aliphatic heterocycles. The number of aromatic amines is 1. The quantitative estimate of drug-likeness (QED) is 0.250. The monoisotopic (exact) mass is 496 g/mol. The van der Waals surface area contributed by atoms with Gasteiger partial charge in [-0.15, -0.1) is 0 Å². The molecule has 37 heavy (non-hydrogen) atoms. The van der Waals surface area contributed by atoms with Crippen LogP contribution in [0.1, 0.15) is 43.9 Å². The molecule has 0 fully saturated rings. The summed E-state index contributed by atoms with van der Waals surface area (Å²) in [5.74, 6) is -0.604. The normalized spacial score (nSPS) is 11.7. The third-order valence-corrected chi connectivity index (χ3v) is 6.35. The fourth-order valence-corrected chi connectivity index (χ4v) is 4.57. The van der Waals surface area contributed by atoms with Gasteiger partial charge in [0.1, 0.15) is 11.9 Å². The van der Waals surface area contributed by atoms with Gasteiger partial charge in [-0.25, -0.2) is 9.78 Å². The van der Waals surface area contributed by atoms with E-state index < -0.39 is 12.0 Å². The summed E-state index contributed by atoms with van der Waals surface area (Å²) in [7, 11) is 0. The molecular formula is C30H32N4O3. The summed E-state index contributed by atoms with van der Waals surface area (Å²) in [4.78, 5) is 32.5. The number of aliphatic carboxylic acids is 1. The average Bonchev–Trinajstić information content (AvgIpc) is 3.31. The molecule has 0 saturated heterocycles. The number of nitrogens with zero attached hydrogens (tertiary/aromatic N) is 1. The van der Waals surface area contributed by atoms with Gasteiger partial charge >= 0.3 is 5.97 Å². The lowest BCUT2D eigenvalue weighted by Gasteiger charge is -2.17. The SMILES string of the molecule is Cc1ccnc(NCc2cc(-c3ccc(CC(NC(=O)c4c(C)cc(C)cc4C)C(=O)O)cc3)c[nH]2)c1. The lowest BCUT2D eigenvalue weighted by Crippen LogP contribution is -2.42. The smallest absolute Gasteiger partial charge is 0.326 e. The number of benzene rings is 2. The van der Waals surface area contributed by atoms with E-state index in [0.717, 1.165) is 50.5 Å². The fraction of sp³-hybridized carbons (Fsp3) is 0.233. The van der Waals surface area contributed by atoms with Crippen LogP contribution >= 0.6 is 0 Å². The van der Waals surface area contributed by atoms with Crippen molar-refractivity contribution in [1.29, 1.82) is 0 Å². The van der Waals surface area contributed by atoms with E-state index in [1.807, 2.05) is 82.4 Å². The second-order valence-electron chi connectivity index (χ2n) is 9.52. The molecule has 190 valence electrons. The van der Waals surface area contributed by atoms with Gasteiger partial charge < -0.3 is 20.7 Å². The van der Waals surface area contributed by atoms with Crippen molar-refractivity contribution in [3.63, 3.8) is 0 Å². The zero-order valence-electron chi connectivity index (χ0n) is 21.6. The lowest BCUT2D eigenvalue weighted by atomic mass is 9.98. The van der Waals surface area contributed by atoms with Crippen LogP contribution in [0.4, 0.5) is 5.82 Å². The predicted octanol–water partition coefficient (Wildman–Crippen LogP) is 5.35. The molecule has 4 N–H and O–H groups in total. The van der Waals surface area contributed by atoms with Gasteiger partial charge in [-0.2, -0.15) is 0 Å². The first-order valence-corrected chi connectivity index (χ1v) is 12.2. The number of aromatic nitrogens is 2. The maximum atomic E-state index is 12.9. The summed E-state index contributed by atoms with van der Waals surface area (Å²) in [5.41, 5.74) is 8.32. The second kappa shape index (κ2) is 11.1. The van der Waals surface area contributed by atoms with E-state index in [1.54, 1.807) is 6.20 Å². The first kappa shape index (κ1) is 25.7. The van der Waals surface area contributed by atoms with Crippen LogP contribution in [0, 0.1) is 27.7 Å². The van der Waals surface area contributed by atoms with E-state index in [1.165, 1.54) is 0 Å². The molecule has 0 aliphatic rings. The Morgan fingerprint density at radius 2 is 1.62 bits per heavy atom. The van der Waals surface area contributed by atoms with Gasteiger partial charge in [0.2, 0.25) is 0 Å². The molecule has 2 aromatic carbocycles. The molecule has 0 bridgehead atoms. The summed E-state index contributed by atoms with van der Waals surface area (Å²) < 4.78 is 0. The minimum absolute atomic E-state index is 0.192. The van der Waals surface area contributed by atoms with Gasteiger partial charge in [0.25, 0.3) is 5.91 Å². The van der Waals surface area contributed by atoms with Gasteiger partial charge in [0.05, 0.1) is 6.54 Å². The highest BCUT2D eigenvalue weighted by molar-refractivity contribution is 5.99. The van der Waals surface area contributed by atoms with Crippen LogP contribution in [-0.4, -0.2) is 33.0 Å². The van der Waals surface area contributed by atoms with Crippen molar-refractivity contribution in [2.75, 3.05) is 5.32 Å². The van der Waals surface area contributed by atoms with Crippen molar-refractivity contribution in [2.24, 2.45) is 0 Å². The molecule has 7 heteroatoms. The summed E-state index contributed by atoms with van der Waals surface area (Å²) in [6, 6.07) is 16.6. The van der Waals surface area contributed by atoms with Crippen LogP contribution in [0.25, 0.3) is 11.1 Å². The first-order valence-electron chi connectivity index (χ1n) is 12.2. The third kappa shape index (κ3) is 6.44. The second-order valence-corrected chi connectivity index (χ2v) is 9.52. The number of nitrogens with one attached hydrogen (secondary N) is 3. The van der Waals surface area contributed by atoms with Crippen molar-refractivity contribution >= 4 is 17.7 Å². The molecule has 0 radical (unpaired) electrons. The number of amides is 1. The maximum absolute atomic E-state index is 12.9. The van der Waals surface area contributed by atoms with E-state index in [-0.39, 0.29) is 12.3 Å². The predicted molar refractivity (Wildman–Crippen MR) is 146 cm³/mol. The highest BCUT2D eigenvalue weighted by Crippen LogP contribution is 2.22. The van der Waals surface area contributed by atoms with Crippen molar-refractivity contribution in [1.82, 2.24) is 15.3 Å². The Morgan fingerprint density at radius 3 is 2.27 bits per heavy atom. The van der Waals surface area contributed by atoms with Gasteiger partial charge in [0.15, 0.2) is 0 Å². The number of carbonyl (C=O) groups is 2. The Kier molecular flexibility index (Phi) is 7.72. The molecule has 4 rings (SSSR count). The molecular weight excluding hydrogens is 464 g/mol. The van der Waals surface area contributed by atoms with E-state index in [4.69, 9.17) is 0 Å². The fourth-order valence-electron chi connectivity index (χ4n) is 4.57. The number of rotatable bonds is 9. The van der Waals surface area contributed by atoms with E-state index >= 15 is 0 Å². The Morgan fingerprint density at radius 1 is 0.919 bits per heavy atom. The first-order chi connectivity index (χ1) is 17.7.